The third-order valence-electron chi connectivity index (χ3n) is 1.92. The Morgan fingerprint density at radius 2 is 2.00 bits per heavy atom. The molecule has 0 fully saturated rings. The standard InChI is InChI=1S/C9H9NO2/c1-6-2-3-7-5-9(11)10(12)8(7)4-6/h2-5,11-12H,1H3. The van der Waals surface area contributed by atoms with Crippen LogP contribution in [0.2, 0.25) is 0 Å². The van der Waals surface area contributed by atoms with E-state index in [4.69, 9.17) is 5.11 Å². The van der Waals surface area contributed by atoms with E-state index in [1.54, 1.807) is 0 Å². The maximum absolute atomic E-state index is 9.29. The van der Waals surface area contributed by atoms with Gasteiger partial charge in [-0.1, -0.05) is 12.1 Å². The van der Waals surface area contributed by atoms with Crippen LogP contribution in [0.1, 0.15) is 5.56 Å². The van der Waals surface area contributed by atoms with Gasteiger partial charge in [0.05, 0.1) is 5.52 Å². The summed E-state index contributed by atoms with van der Waals surface area (Å²) in [6, 6.07) is 7.13. The highest BCUT2D eigenvalue weighted by Crippen LogP contribution is 2.23. The van der Waals surface area contributed by atoms with Crippen LogP contribution in [0, 0.1) is 6.92 Å². The highest BCUT2D eigenvalue weighted by molar-refractivity contribution is 5.82. The predicted molar refractivity (Wildman–Crippen MR) is 45.5 cm³/mol. The minimum absolute atomic E-state index is 0.129. The smallest absolute Gasteiger partial charge is 0.225 e. The normalized spacial score (nSPS) is 10.8. The van der Waals surface area contributed by atoms with E-state index in [-0.39, 0.29) is 5.88 Å². The molecule has 0 saturated carbocycles. The quantitative estimate of drug-likeness (QED) is 0.582. The summed E-state index contributed by atoms with van der Waals surface area (Å²) in [6.45, 7) is 1.93. The zero-order valence-corrected chi connectivity index (χ0v) is 6.65. The fraction of sp³-hybridized carbons (Fsp3) is 0.111. The van der Waals surface area contributed by atoms with Crippen molar-refractivity contribution < 1.29 is 10.3 Å². The molecule has 62 valence electrons. The summed E-state index contributed by atoms with van der Waals surface area (Å²) in [6.07, 6.45) is 0. The van der Waals surface area contributed by atoms with Gasteiger partial charge in [-0.25, -0.2) is 0 Å². The first-order chi connectivity index (χ1) is 5.68. The van der Waals surface area contributed by atoms with E-state index in [1.165, 1.54) is 6.07 Å². The molecule has 2 rings (SSSR count). The average Bonchev–Trinajstić information content (AvgIpc) is 2.31. The Kier molecular flexibility index (Phi) is 1.27. The number of fused-ring (bicyclic) bond motifs is 1. The van der Waals surface area contributed by atoms with Crippen LogP contribution in [0.25, 0.3) is 10.9 Å². The van der Waals surface area contributed by atoms with Crippen molar-refractivity contribution in [2.75, 3.05) is 0 Å². The van der Waals surface area contributed by atoms with Crippen molar-refractivity contribution in [2.45, 2.75) is 6.92 Å². The van der Waals surface area contributed by atoms with Crippen LogP contribution in [0.15, 0.2) is 24.3 Å². The molecule has 0 radical (unpaired) electrons. The van der Waals surface area contributed by atoms with Crippen LogP contribution in [0.3, 0.4) is 0 Å². The van der Waals surface area contributed by atoms with Gasteiger partial charge in [-0.05, 0) is 18.6 Å². The molecule has 1 aromatic heterocycles. The molecule has 0 aliphatic rings. The second kappa shape index (κ2) is 2.17. The molecule has 0 saturated heterocycles. The number of aromatic hydroxyl groups is 1. The molecule has 0 spiro atoms. The molecule has 0 aliphatic carbocycles. The molecule has 12 heavy (non-hydrogen) atoms. The average molecular weight is 163 g/mol. The first-order valence-electron chi connectivity index (χ1n) is 3.69. The molecule has 3 heteroatoms. The van der Waals surface area contributed by atoms with Crippen LogP contribution >= 0.6 is 0 Å². The predicted octanol–water partition coefficient (Wildman–Crippen LogP) is 1.89. The van der Waals surface area contributed by atoms with Crippen molar-refractivity contribution in [1.82, 2.24) is 4.73 Å². The molecule has 0 unspecified atom stereocenters. The molecule has 1 aromatic carbocycles. The highest BCUT2D eigenvalue weighted by atomic mass is 16.5. The lowest BCUT2D eigenvalue weighted by molar-refractivity contribution is 0.167. The Morgan fingerprint density at radius 3 is 2.75 bits per heavy atom. The number of benzene rings is 1. The minimum Gasteiger partial charge on any atom is -0.492 e. The number of aromatic nitrogens is 1. The van der Waals surface area contributed by atoms with Crippen LogP contribution in [-0.4, -0.2) is 15.0 Å². The maximum Gasteiger partial charge on any atom is 0.225 e. The van der Waals surface area contributed by atoms with Gasteiger partial charge in [0, 0.05) is 11.5 Å². The van der Waals surface area contributed by atoms with Crippen molar-refractivity contribution in [3.63, 3.8) is 0 Å². The topological polar surface area (TPSA) is 45.4 Å². The molecule has 0 aliphatic heterocycles. The maximum atomic E-state index is 9.29. The summed E-state index contributed by atoms with van der Waals surface area (Å²) in [5, 5.41) is 19.3. The van der Waals surface area contributed by atoms with Gasteiger partial charge in [0.1, 0.15) is 0 Å². The van der Waals surface area contributed by atoms with Crippen LogP contribution in [0.5, 0.6) is 5.88 Å². The summed E-state index contributed by atoms with van der Waals surface area (Å²) < 4.78 is 0.780. The summed E-state index contributed by atoms with van der Waals surface area (Å²) in [4.78, 5) is 0. The van der Waals surface area contributed by atoms with Gasteiger partial charge in [0.15, 0.2) is 0 Å². The second-order valence-corrected chi connectivity index (χ2v) is 2.88. The van der Waals surface area contributed by atoms with Gasteiger partial charge in [-0.3, -0.25) is 0 Å². The van der Waals surface area contributed by atoms with Crippen molar-refractivity contribution >= 4 is 10.9 Å². The molecule has 2 aromatic rings. The number of hydrogen-bond donors (Lipinski definition) is 2. The van der Waals surface area contributed by atoms with Crippen LogP contribution in [0.4, 0.5) is 0 Å². The molecule has 0 bridgehead atoms. The molecular formula is C9H9NO2. The zero-order valence-electron chi connectivity index (χ0n) is 6.65. The fourth-order valence-corrected chi connectivity index (χ4v) is 1.28. The Bertz CT molecular complexity index is 431. The lowest BCUT2D eigenvalue weighted by atomic mass is 10.2. The Labute approximate surface area is 69.4 Å². The second-order valence-electron chi connectivity index (χ2n) is 2.88. The van der Waals surface area contributed by atoms with Gasteiger partial charge in [-0.2, -0.15) is 4.73 Å². The summed E-state index contributed by atoms with van der Waals surface area (Å²) >= 11 is 0. The van der Waals surface area contributed by atoms with Crippen molar-refractivity contribution in [3.8, 4) is 5.88 Å². The molecule has 1 heterocycles. The molecule has 3 nitrogen and oxygen atoms in total. The van der Waals surface area contributed by atoms with Gasteiger partial charge < -0.3 is 10.3 Å². The lowest BCUT2D eigenvalue weighted by Crippen LogP contribution is -1.87. The van der Waals surface area contributed by atoms with Gasteiger partial charge in [0.25, 0.3) is 0 Å². The number of aryl methyl sites for hydroxylation is 1. The molecule has 0 atom stereocenters. The van der Waals surface area contributed by atoms with E-state index < -0.39 is 0 Å². The summed E-state index contributed by atoms with van der Waals surface area (Å²) in [5.41, 5.74) is 1.68. The van der Waals surface area contributed by atoms with E-state index in [9.17, 15) is 5.21 Å². The molecule has 2 N–H and O–H groups in total. The van der Waals surface area contributed by atoms with Gasteiger partial charge >= 0.3 is 0 Å². The molecular weight excluding hydrogens is 154 g/mol. The first-order valence-corrected chi connectivity index (χ1v) is 3.69. The van der Waals surface area contributed by atoms with E-state index in [0.29, 0.717) is 5.52 Å². The zero-order chi connectivity index (χ0) is 8.72. The van der Waals surface area contributed by atoms with Gasteiger partial charge in [0.2, 0.25) is 5.88 Å². The lowest BCUT2D eigenvalue weighted by Gasteiger charge is -1.96. The van der Waals surface area contributed by atoms with Crippen molar-refractivity contribution in [1.29, 1.82) is 0 Å². The van der Waals surface area contributed by atoms with Gasteiger partial charge in [-0.15, -0.1) is 0 Å². The monoisotopic (exact) mass is 163 g/mol. The third kappa shape index (κ3) is 0.830. The van der Waals surface area contributed by atoms with E-state index in [0.717, 1.165) is 15.7 Å². The van der Waals surface area contributed by atoms with Crippen molar-refractivity contribution in [3.05, 3.63) is 29.8 Å². The summed E-state index contributed by atoms with van der Waals surface area (Å²) in [7, 11) is 0. The largest absolute Gasteiger partial charge is 0.492 e. The molecule has 0 amide bonds. The van der Waals surface area contributed by atoms with E-state index >= 15 is 0 Å². The number of hydrogen-bond acceptors (Lipinski definition) is 2. The SMILES string of the molecule is Cc1ccc2cc(O)n(O)c2c1. The first kappa shape index (κ1) is 7.03. The highest BCUT2D eigenvalue weighted by Gasteiger charge is 2.04. The van der Waals surface area contributed by atoms with Crippen molar-refractivity contribution in [2.24, 2.45) is 0 Å². The van der Waals surface area contributed by atoms with E-state index in [2.05, 4.69) is 0 Å². The Balaban J connectivity index is 2.88. The minimum atomic E-state index is -0.129. The number of rotatable bonds is 0. The Hall–Kier alpha value is -1.64. The number of nitrogens with zero attached hydrogens (tertiary/aromatic N) is 1. The van der Waals surface area contributed by atoms with Crippen LogP contribution < -0.4 is 0 Å². The third-order valence-corrected chi connectivity index (χ3v) is 1.92. The van der Waals surface area contributed by atoms with E-state index in [1.807, 2.05) is 25.1 Å². The Morgan fingerprint density at radius 1 is 1.25 bits per heavy atom. The summed E-state index contributed by atoms with van der Waals surface area (Å²) in [5.74, 6) is -0.129. The van der Waals surface area contributed by atoms with Crippen LogP contribution in [-0.2, 0) is 0 Å². The fourth-order valence-electron chi connectivity index (χ4n) is 1.28.